The zero-order chi connectivity index (χ0) is 14.7. The van der Waals surface area contributed by atoms with Crippen LogP contribution in [0.3, 0.4) is 0 Å². The maximum Gasteiger partial charge on any atom is 0.124 e. The highest BCUT2D eigenvalue weighted by Gasteiger charge is 2.28. The molecule has 1 aromatic carbocycles. The number of likely N-dealkylation sites (tertiary alicyclic amines) is 1. The number of hydrogen-bond donors (Lipinski definition) is 1. The largest absolute Gasteiger partial charge is 0.493 e. The molecule has 3 atom stereocenters. The van der Waals surface area contributed by atoms with E-state index in [1.165, 1.54) is 38.0 Å². The van der Waals surface area contributed by atoms with Gasteiger partial charge in [0.25, 0.3) is 0 Å². The minimum atomic E-state index is 0.446. The van der Waals surface area contributed by atoms with Crippen molar-refractivity contribution in [1.82, 2.24) is 10.2 Å². The van der Waals surface area contributed by atoms with E-state index in [1.54, 1.807) is 0 Å². The van der Waals surface area contributed by atoms with E-state index in [0.717, 1.165) is 24.7 Å². The van der Waals surface area contributed by atoms with Crippen molar-refractivity contribution >= 4 is 0 Å². The van der Waals surface area contributed by atoms with Crippen molar-refractivity contribution in [2.24, 2.45) is 5.92 Å². The lowest BCUT2D eigenvalue weighted by Gasteiger charge is -2.38. The Bertz CT molecular complexity index is 462. The summed E-state index contributed by atoms with van der Waals surface area (Å²) in [7, 11) is 0. The number of ether oxygens (including phenoxy) is 1. The van der Waals surface area contributed by atoms with Crippen LogP contribution in [-0.2, 0) is 0 Å². The Hall–Kier alpha value is -1.06. The fourth-order valence-electron chi connectivity index (χ4n) is 3.76. The molecule has 0 saturated carbocycles. The van der Waals surface area contributed by atoms with Crippen molar-refractivity contribution in [2.45, 2.75) is 45.2 Å². The quantitative estimate of drug-likeness (QED) is 0.920. The monoisotopic (exact) mass is 288 g/mol. The van der Waals surface area contributed by atoms with Crippen molar-refractivity contribution in [3.8, 4) is 5.75 Å². The van der Waals surface area contributed by atoms with Gasteiger partial charge in [-0.25, -0.2) is 0 Å². The number of fused-ring (bicyclic) bond motifs is 1. The summed E-state index contributed by atoms with van der Waals surface area (Å²) in [5, 5.41) is 3.88. The van der Waals surface area contributed by atoms with Gasteiger partial charge in [-0.3, -0.25) is 0 Å². The molecule has 116 valence electrons. The predicted octanol–water partition coefficient (Wildman–Crippen LogP) is 3.22. The maximum absolute atomic E-state index is 5.77. The van der Waals surface area contributed by atoms with Gasteiger partial charge in [0.05, 0.1) is 6.61 Å². The summed E-state index contributed by atoms with van der Waals surface area (Å²) in [5.74, 6) is 1.83. The predicted molar refractivity (Wildman–Crippen MR) is 86.7 cm³/mol. The normalized spacial score (nSPS) is 27.7. The maximum atomic E-state index is 5.77. The molecular weight excluding hydrogens is 260 g/mol. The molecule has 0 amide bonds. The van der Waals surface area contributed by atoms with Crippen LogP contribution < -0.4 is 10.1 Å². The first-order valence-electron chi connectivity index (χ1n) is 8.48. The van der Waals surface area contributed by atoms with E-state index < -0.39 is 0 Å². The molecule has 2 aliphatic rings. The second-order valence-electron chi connectivity index (χ2n) is 6.48. The number of piperidine rings is 1. The van der Waals surface area contributed by atoms with E-state index in [0.29, 0.717) is 12.1 Å². The van der Waals surface area contributed by atoms with E-state index in [4.69, 9.17) is 4.74 Å². The fraction of sp³-hybridized carbons (Fsp3) is 0.667. The number of nitrogens with one attached hydrogen (secondary N) is 1. The van der Waals surface area contributed by atoms with Gasteiger partial charge in [-0.05, 0) is 44.8 Å². The zero-order valence-corrected chi connectivity index (χ0v) is 13.3. The highest BCUT2D eigenvalue weighted by Crippen LogP contribution is 2.32. The molecule has 1 saturated heterocycles. The second kappa shape index (κ2) is 6.80. The third kappa shape index (κ3) is 3.41. The van der Waals surface area contributed by atoms with Gasteiger partial charge >= 0.3 is 0 Å². The Balaban J connectivity index is 1.64. The van der Waals surface area contributed by atoms with Crippen LogP contribution in [0.25, 0.3) is 0 Å². The fourth-order valence-corrected chi connectivity index (χ4v) is 3.76. The summed E-state index contributed by atoms with van der Waals surface area (Å²) < 4.78 is 5.77. The van der Waals surface area contributed by atoms with Crippen LogP contribution in [0, 0.1) is 5.92 Å². The molecule has 1 N–H and O–H groups in total. The summed E-state index contributed by atoms with van der Waals surface area (Å²) in [6.45, 7) is 9.17. The van der Waals surface area contributed by atoms with Crippen molar-refractivity contribution in [1.29, 1.82) is 0 Å². The number of rotatable bonds is 4. The molecule has 0 radical (unpaired) electrons. The van der Waals surface area contributed by atoms with Crippen LogP contribution in [0.2, 0.25) is 0 Å². The molecule has 21 heavy (non-hydrogen) atoms. The SMILES string of the molecule is CCN1CCCC(C(C)NC2CCOc3ccccc32)C1. The number of benzene rings is 1. The average Bonchev–Trinajstić information content (AvgIpc) is 2.55. The molecule has 1 aromatic rings. The first-order valence-corrected chi connectivity index (χ1v) is 8.48. The molecule has 3 rings (SSSR count). The third-order valence-electron chi connectivity index (χ3n) is 5.12. The van der Waals surface area contributed by atoms with Crippen LogP contribution in [0.1, 0.15) is 44.7 Å². The molecule has 0 aliphatic carbocycles. The summed E-state index contributed by atoms with van der Waals surface area (Å²) >= 11 is 0. The summed E-state index contributed by atoms with van der Waals surface area (Å²) in [6, 6.07) is 9.49. The summed E-state index contributed by atoms with van der Waals surface area (Å²) in [5.41, 5.74) is 1.33. The molecule has 0 bridgehead atoms. The van der Waals surface area contributed by atoms with E-state index in [1.807, 2.05) is 0 Å². The molecule has 0 aromatic heterocycles. The van der Waals surface area contributed by atoms with Gasteiger partial charge in [0.2, 0.25) is 0 Å². The highest BCUT2D eigenvalue weighted by atomic mass is 16.5. The molecule has 2 aliphatic heterocycles. The Morgan fingerprint density at radius 3 is 3.05 bits per heavy atom. The number of hydrogen-bond acceptors (Lipinski definition) is 3. The van der Waals surface area contributed by atoms with Gasteiger partial charge in [-0.15, -0.1) is 0 Å². The first kappa shape index (κ1) is 14.9. The van der Waals surface area contributed by atoms with Gasteiger partial charge in [-0.1, -0.05) is 25.1 Å². The van der Waals surface area contributed by atoms with Crippen LogP contribution in [0.5, 0.6) is 5.75 Å². The standard InChI is InChI=1S/C18H28N2O/c1-3-20-11-6-7-15(13-20)14(2)19-17-10-12-21-18-9-5-4-8-16(17)18/h4-5,8-9,14-15,17,19H,3,6-7,10-13H2,1-2H3. The smallest absolute Gasteiger partial charge is 0.124 e. The van der Waals surface area contributed by atoms with Gasteiger partial charge in [-0.2, -0.15) is 0 Å². The minimum absolute atomic E-state index is 0.446. The van der Waals surface area contributed by atoms with E-state index in [9.17, 15) is 0 Å². The molecule has 3 unspecified atom stereocenters. The Morgan fingerprint density at radius 1 is 1.33 bits per heavy atom. The van der Waals surface area contributed by atoms with Crippen molar-refractivity contribution in [3.63, 3.8) is 0 Å². The van der Waals surface area contributed by atoms with Gasteiger partial charge in [0, 0.05) is 30.6 Å². The van der Waals surface area contributed by atoms with Gasteiger partial charge < -0.3 is 15.0 Å². The van der Waals surface area contributed by atoms with Gasteiger partial charge in [0.1, 0.15) is 5.75 Å². The lowest BCUT2D eigenvalue weighted by atomic mass is 9.90. The lowest BCUT2D eigenvalue weighted by Crippen LogP contribution is -2.45. The van der Waals surface area contributed by atoms with Crippen LogP contribution in [0.4, 0.5) is 0 Å². The van der Waals surface area contributed by atoms with Crippen LogP contribution in [0.15, 0.2) is 24.3 Å². The van der Waals surface area contributed by atoms with Crippen molar-refractivity contribution in [2.75, 3.05) is 26.2 Å². The number of para-hydroxylation sites is 1. The van der Waals surface area contributed by atoms with E-state index in [-0.39, 0.29) is 0 Å². The minimum Gasteiger partial charge on any atom is -0.493 e. The molecule has 3 heteroatoms. The molecule has 0 spiro atoms. The van der Waals surface area contributed by atoms with Crippen LogP contribution in [-0.4, -0.2) is 37.2 Å². The zero-order valence-electron chi connectivity index (χ0n) is 13.3. The van der Waals surface area contributed by atoms with Crippen molar-refractivity contribution < 1.29 is 4.74 Å². The van der Waals surface area contributed by atoms with E-state index >= 15 is 0 Å². The third-order valence-corrected chi connectivity index (χ3v) is 5.12. The average molecular weight is 288 g/mol. The molecular formula is C18H28N2O. The topological polar surface area (TPSA) is 24.5 Å². The first-order chi connectivity index (χ1) is 10.3. The van der Waals surface area contributed by atoms with Crippen LogP contribution >= 0.6 is 0 Å². The highest BCUT2D eigenvalue weighted by molar-refractivity contribution is 5.37. The number of nitrogens with zero attached hydrogens (tertiary/aromatic N) is 1. The summed E-state index contributed by atoms with van der Waals surface area (Å²) in [4.78, 5) is 2.59. The Morgan fingerprint density at radius 2 is 2.19 bits per heavy atom. The molecule has 2 heterocycles. The Labute approximate surface area is 128 Å². The Kier molecular flexibility index (Phi) is 4.81. The lowest BCUT2D eigenvalue weighted by molar-refractivity contribution is 0.146. The van der Waals surface area contributed by atoms with Crippen molar-refractivity contribution in [3.05, 3.63) is 29.8 Å². The van der Waals surface area contributed by atoms with Gasteiger partial charge in [0.15, 0.2) is 0 Å². The van der Waals surface area contributed by atoms with E-state index in [2.05, 4.69) is 48.3 Å². The molecule has 3 nitrogen and oxygen atoms in total. The summed E-state index contributed by atoms with van der Waals surface area (Å²) in [6.07, 6.45) is 3.77. The molecule has 1 fully saturated rings. The second-order valence-corrected chi connectivity index (χ2v) is 6.48.